The summed E-state index contributed by atoms with van der Waals surface area (Å²) in [5, 5.41) is 3.19. The summed E-state index contributed by atoms with van der Waals surface area (Å²) in [6, 6.07) is 15.8. The second-order valence-electron chi connectivity index (χ2n) is 8.26. The molecule has 1 heterocycles. The van der Waals surface area contributed by atoms with Crippen LogP contribution >= 0.6 is 0 Å². The number of carbonyl (C=O) groups excluding carboxylic acids is 1. The minimum atomic E-state index is -0.0378. The molecule has 3 N–H and O–H groups in total. The third-order valence-electron chi connectivity index (χ3n) is 5.88. The highest BCUT2D eigenvalue weighted by atomic mass is 16.5. The van der Waals surface area contributed by atoms with E-state index >= 15 is 0 Å². The van der Waals surface area contributed by atoms with Crippen molar-refractivity contribution in [2.75, 3.05) is 0 Å². The van der Waals surface area contributed by atoms with Crippen LogP contribution in [0.1, 0.15) is 51.0 Å². The van der Waals surface area contributed by atoms with Gasteiger partial charge in [0.25, 0.3) is 0 Å². The summed E-state index contributed by atoms with van der Waals surface area (Å²) >= 11 is 0. The first kappa shape index (κ1) is 20.3. The maximum absolute atomic E-state index is 12.5. The number of nitrogens with two attached hydrogens (primary N) is 1. The smallest absolute Gasteiger partial charge is 0.222 e. The minimum Gasteiger partial charge on any atom is -0.457 e. The number of benzene rings is 2. The summed E-state index contributed by atoms with van der Waals surface area (Å²) in [6.45, 7) is 2.63. The van der Waals surface area contributed by atoms with Gasteiger partial charge in [0.05, 0.1) is 5.69 Å². The van der Waals surface area contributed by atoms with Gasteiger partial charge in [-0.1, -0.05) is 37.5 Å². The third kappa shape index (κ3) is 4.93. The Kier molecular flexibility index (Phi) is 6.21. The van der Waals surface area contributed by atoms with Crippen LogP contribution in [0.2, 0.25) is 0 Å². The molecule has 1 atom stereocenters. The molecule has 1 aliphatic carbocycles. The lowest BCUT2D eigenvalue weighted by molar-refractivity contribution is -0.122. The number of rotatable bonds is 6. The molecule has 0 radical (unpaired) electrons. The summed E-state index contributed by atoms with van der Waals surface area (Å²) < 4.78 is 5.95. The Morgan fingerprint density at radius 2 is 1.93 bits per heavy atom. The molecule has 1 saturated carbocycles. The average molecular weight is 407 g/mol. The van der Waals surface area contributed by atoms with Crippen molar-refractivity contribution in [3.63, 3.8) is 0 Å². The predicted octanol–water partition coefficient (Wildman–Crippen LogP) is 4.47. The number of hydrogen-bond acceptors (Lipinski definition) is 5. The lowest BCUT2D eigenvalue weighted by Crippen LogP contribution is -2.47. The number of carbonyl (C=O) groups is 1. The van der Waals surface area contributed by atoms with E-state index in [1.54, 1.807) is 0 Å². The molecular formula is C24H30N4O2. The van der Waals surface area contributed by atoms with Gasteiger partial charge in [-0.3, -0.25) is 4.79 Å². The number of amides is 1. The predicted molar refractivity (Wildman–Crippen MR) is 119 cm³/mol. The van der Waals surface area contributed by atoms with E-state index in [4.69, 9.17) is 10.5 Å². The zero-order chi connectivity index (χ0) is 20.9. The SMILES string of the molecule is CC(CC(=O)NC1CCCCC1)N1Cc2cc(Oc3ccccc3)ccc2N=C1N. The number of para-hydroxylation sites is 1. The van der Waals surface area contributed by atoms with Gasteiger partial charge in [0, 0.05) is 30.6 Å². The van der Waals surface area contributed by atoms with E-state index in [1.165, 1.54) is 19.3 Å². The number of ether oxygens (including phenoxy) is 1. The molecule has 4 rings (SSSR count). The van der Waals surface area contributed by atoms with E-state index in [1.807, 2.05) is 60.4 Å². The normalized spacial score (nSPS) is 17.6. The zero-order valence-corrected chi connectivity index (χ0v) is 17.5. The van der Waals surface area contributed by atoms with Crippen LogP contribution in [0.25, 0.3) is 0 Å². The van der Waals surface area contributed by atoms with Crippen LogP contribution in [0.3, 0.4) is 0 Å². The van der Waals surface area contributed by atoms with Crippen molar-refractivity contribution in [1.82, 2.24) is 10.2 Å². The van der Waals surface area contributed by atoms with E-state index in [0.717, 1.165) is 35.6 Å². The van der Waals surface area contributed by atoms with Gasteiger partial charge >= 0.3 is 0 Å². The standard InChI is InChI=1S/C24H30N4O2/c1-17(14-23(29)26-19-8-4-2-5-9-19)28-16-18-15-21(12-13-22(18)27-24(28)25)30-20-10-6-3-7-11-20/h3,6-7,10-13,15,17,19H,2,4-5,8-9,14,16H2,1H3,(H2,25,27)(H,26,29). The van der Waals surface area contributed by atoms with Gasteiger partial charge in [-0.15, -0.1) is 0 Å². The molecule has 6 nitrogen and oxygen atoms in total. The average Bonchev–Trinajstić information content (AvgIpc) is 2.75. The highest BCUT2D eigenvalue weighted by Gasteiger charge is 2.25. The van der Waals surface area contributed by atoms with Gasteiger partial charge in [0.1, 0.15) is 11.5 Å². The molecule has 0 aromatic heterocycles. The number of aliphatic imine (C=N–C) groups is 1. The van der Waals surface area contributed by atoms with Crippen LogP contribution < -0.4 is 15.8 Å². The maximum atomic E-state index is 12.5. The van der Waals surface area contributed by atoms with Crippen molar-refractivity contribution in [2.45, 2.75) is 64.1 Å². The Morgan fingerprint density at radius 3 is 2.70 bits per heavy atom. The lowest BCUT2D eigenvalue weighted by atomic mass is 9.95. The summed E-state index contributed by atoms with van der Waals surface area (Å²) in [4.78, 5) is 19.1. The summed E-state index contributed by atoms with van der Waals surface area (Å²) in [7, 11) is 0. The Bertz CT molecular complexity index is 907. The van der Waals surface area contributed by atoms with Crippen molar-refractivity contribution in [3.8, 4) is 11.5 Å². The summed E-state index contributed by atoms with van der Waals surface area (Å²) in [5.74, 6) is 2.10. The van der Waals surface area contributed by atoms with Crippen LogP contribution in [-0.2, 0) is 11.3 Å². The highest BCUT2D eigenvalue weighted by molar-refractivity contribution is 5.85. The molecule has 0 spiro atoms. The van der Waals surface area contributed by atoms with Gasteiger partial charge in [0.2, 0.25) is 5.91 Å². The monoisotopic (exact) mass is 406 g/mol. The Labute approximate surface area is 178 Å². The van der Waals surface area contributed by atoms with Crippen LogP contribution in [0.4, 0.5) is 5.69 Å². The fraction of sp³-hybridized carbons (Fsp3) is 0.417. The molecular weight excluding hydrogens is 376 g/mol. The van der Waals surface area contributed by atoms with Crippen molar-refractivity contribution in [2.24, 2.45) is 10.7 Å². The maximum Gasteiger partial charge on any atom is 0.222 e. The molecule has 2 aromatic rings. The van der Waals surface area contributed by atoms with Crippen molar-refractivity contribution in [1.29, 1.82) is 0 Å². The number of fused-ring (bicyclic) bond motifs is 1. The largest absolute Gasteiger partial charge is 0.457 e. The van der Waals surface area contributed by atoms with Crippen LogP contribution in [0.5, 0.6) is 11.5 Å². The van der Waals surface area contributed by atoms with Crippen molar-refractivity contribution in [3.05, 3.63) is 54.1 Å². The molecule has 1 unspecified atom stereocenters. The Morgan fingerprint density at radius 1 is 1.17 bits per heavy atom. The number of guanidine groups is 1. The molecule has 158 valence electrons. The topological polar surface area (TPSA) is 80.0 Å². The zero-order valence-electron chi connectivity index (χ0n) is 17.5. The lowest BCUT2D eigenvalue weighted by Gasteiger charge is -2.33. The Hall–Kier alpha value is -3.02. The quantitative estimate of drug-likeness (QED) is 0.742. The first-order chi connectivity index (χ1) is 14.6. The van der Waals surface area contributed by atoms with Crippen LogP contribution in [-0.4, -0.2) is 28.9 Å². The highest BCUT2D eigenvalue weighted by Crippen LogP contribution is 2.32. The molecule has 1 amide bonds. The summed E-state index contributed by atoms with van der Waals surface area (Å²) in [5.41, 5.74) is 8.12. The van der Waals surface area contributed by atoms with Gasteiger partial charge in [-0.25, -0.2) is 4.99 Å². The van der Waals surface area contributed by atoms with E-state index in [9.17, 15) is 4.79 Å². The first-order valence-electron chi connectivity index (χ1n) is 10.8. The molecule has 0 bridgehead atoms. The number of hydrogen-bond donors (Lipinski definition) is 2. The van der Waals surface area contributed by atoms with E-state index < -0.39 is 0 Å². The second-order valence-corrected chi connectivity index (χ2v) is 8.26. The van der Waals surface area contributed by atoms with Gasteiger partial charge in [-0.2, -0.15) is 0 Å². The van der Waals surface area contributed by atoms with Crippen molar-refractivity contribution >= 4 is 17.6 Å². The Balaban J connectivity index is 1.40. The molecule has 1 aliphatic heterocycles. The molecule has 2 aliphatic rings. The van der Waals surface area contributed by atoms with Crippen LogP contribution in [0, 0.1) is 0 Å². The fourth-order valence-corrected chi connectivity index (χ4v) is 4.23. The van der Waals surface area contributed by atoms with E-state index in [-0.39, 0.29) is 11.9 Å². The molecule has 2 aromatic carbocycles. The second kappa shape index (κ2) is 9.20. The molecule has 30 heavy (non-hydrogen) atoms. The first-order valence-corrected chi connectivity index (χ1v) is 10.8. The van der Waals surface area contributed by atoms with Crippen LogP contribution in [0.15, 0.2) is 53.5 Å². The van der Waals surface area contributed by atoms with Gasteiger partial charge in [0.15, 0.2) is 5.96 Å². The summed E-state index contributed by atoms with van der Waals surface area (Å²) in [6.07, 6.45) is 6.27. The minimum absolute atomic E-state index is 0.0378. The molecule has 1 fully saturated rings. The third-order valence-corrected chi connectivity index (χ3v) is 5.88. The fourth-order valence-electron chi connectivity index (χ4n) is 4.23. The van der Waals surface area contributed by atoms with Crippen molar-refractivity contribution < 1.29 is 9.53 Å². The van der Waals surface area contributed by atoms with E-state index in [0.29, 0.717) is 25.0 Å². The molecule has 0 saturated heterocycles. The number of nitrogens with zero attached hydrogens (tertiary/aromatic N) is 2. The number of nitrogens with one attached hydrogen (secondary N) is 1. The van der Waals surface area contributed by atoms with Gasteiger partial charge in [-0.05, 0) is 50.1 Å². The molecule has 6 heteroatoms. The van der Waals surface area contributed by atoms with Gasteiger partial charge < -0.3 is 20.7 Å². The van der Waals surface area contributed by atoms with E-state index in [2.05, 4.69) is 10.3 Å².